The molecule has 21 heavy (non-hydrogen) atoms. The van der Waals surface area contributed by atoms with Crippen molar-refractivity contribution in [3.05, 3.63) is 58.4 Å². The highest BCUT2D eigenvalue weighted by molar-refractivity contribution is 5.67. The average molecular weight is 316 g/mol. The first kappa shape index (κ1) is 15.2. The van der Waals surface area contributed by atoms with Crippen LogP contribution in [0.1, 0.15) is 0 Å². The Balaban J connectivity index is 3.00. The fourth-order valence-corrected chi connectivity index (χ4v) is 1.62. The van der Waals surface area contributed by atoms with E-state index in [1.807, 2.05) is 0 Å². The molecule has 0 unspecified atom stereocenters. The Bertz CT molecular complexity index is 696. The zero-order valence-corrected chi connectivity index (χ0v) is 9.48. The zero-order valence-electron chi connectivity index (χ0n) is 9.48. The summed E-state index contributed by atoms with van der Waals surface area (Å²) in [6, 6.07) is -0.278. The fraction of sp³-hybridized carbons (Fsp3) is 0. The van der Waals surface area contributed by atoms with E-state index < -0.39 is 63.5 Å². The summed E-state index contributed by atoms with van der Waals surface area (Å²) < 4.78 is 118. The number of benzene rings is 2. The Morgan fingerprint density at radius 1 is 0.381 bits per heavy atom. The second-order valence-electron chi connectivity index (χ2n) is 3.79. The van der Waals surface area contributed by atoms with Gasteiger partial charge >= 0.3 is 0 Å². The topological polar surface area (TPSA) is 0 Å². The van der Waals surface area contributed by atoms with Crippen LogP contribution >= 0.6 is 0 Å². The van der Waals surface area contributed by atoms with Crippen molar-refractivity contribution in [2.75, 3.05) is 0 Å². The molecular formula is C12HF9. The molecule has 0 aliphatic carbocycles. The van der Waals surface area contributed by atoms with Crippen LogP contribution in [0.25, 0.3) is 11.1 Å². The number of halogens is 9. The second kappa shape index (κ2) is 4.97. The summed E-state index contributed by atoms with van der Waals surface area (Å²) in [5, 5.41) is 0. The van der Waals surface area contributed by atoms with Crippen LogP contribution in [0.4, 0.5) is 39.5 Å². The van der Waals surface area contributed by atoms with Crippen LogP contribution in [0.3, 0.4) is 0 Å². The molecule has 0 N–H and O–H groups in total. The maximum atomic E-state index is 13.4. The predicted molar refractivity (Wildman–Crippen MR) is 51.5 cm³/mol. The van der Waals surface area contributed by atoms with E-state index in [2.05, 4.69) is 0 Å². The second-order valence-corrected chi connectivity index (χ2v) is 3.79. The number of rotatable bonds is 1. The maximum absolute atomic E-state index is 13.4. The van der Waals surface area contributed by atoms with E-state index in [1.54, 1.807) is 0 Å². The molecule has 0 saturated heterocycles. The van der Waals surface area contributed by atoms with Gasteiger partial charge in [0.1, 0.15) is 0 Å². The lowest BCUT2D eigenvalue weighted by Crippen LogP contribution is -2.08. The van der Waals surface area contributed by atoms with Gasteiger partial charge in [-0.2, -0.15) is 0 Å². The van der Waals surface area contributed by atoms with Gasteiger partial charge in [0.05, 0.1) is 11.1 Å². The molecule has 2 aromatic rings. The summed E-state index contributed by atoms with van der Waals surface area (Å²) in [5.74, 6) is -21.5. The monoisotopic (exact) mass is 316 g/mol. The molecular weight excluding hydrogens is 315 g/mol. The Morgan fingerprint density at radius 3 is 1.05 bits per heavy atom. The highest BCUT2D eigenvalue weighted by Gasteiger charge is 2.32. The maximum Gasteiger partial charge on any atom is 0.200 e. The lowest BCUT2D eigenvalue weighted by atomic mass is 10.0. The van der Waals surface area contributed by atoms with Crippen LogP contribution in [-0.4, -0.2) is 0 Å². The Hall–Kier alpha value is -2.19. The van der Waals surface area contributed by atoms with Crippen molar-refractivity contribution < 1.29 is 39.5 Å². The highest BCUT2D eigenvalue weighted by atomic mass is 19.2. The molecule has 0 heterocycles. The van der Waals surface area contributed by atoms with Crippen molar-refractivity contribution in [2.45, 2.75) is 0 Å². The van der Waals surface area contributed by atoms with Gasteiger partial charge in [0.15, 0.2) is 46.5 Å². The van der Waals surface area contributed by atoms with Crippen LogP contribution in [-0.2, 0) is 0 Å². The summed E-state index contributed by atoms with van der Waals surface area (Å²) >= 11 is 0. The molecule has 0 bridgehead atoms. The van der Waals surface area contributed by atoms with E-state index in [0.29, 0.717) is 0 Å². The first-order valence-electron chi connectivity index (χ1n) is 5.03. The quantitative estimate of drug-likeness (QED) is 0.410. The van der Waals surface area contributed by atoms with Crippen molar-refractivity contribution in [3.63, 3.8) is 0 Å². The molecule has 2 rings (SSSR count). The van der Waals surface area contributed by atoms with Crippen molar-refractivity contribution in [3.8, 4) is 11.1 Å². The van der Waals surface area contributed by atoms with Gasteiger partial charge in [-0.1, -0.05) is 0 Å². The third kappa shape index (κ3) is 2.12. The summed E-state index contributed by atoms with van der Waals surface area (Å²) in [6.07, 6.45) is 0. The van der Waals surface area contributed by atoms with Gasteiger partial charge in [-0.3, -0.25) is 0 Å². The first-order chi connectivity index (χ1) is 9.68. The molecule has 0 saturated carbocycles. The average Bonchev–Trinajstić information content (AvgIpc) is 2.44. The van der Waals surface area contributed by atoms with Gasteiger partial charge in [-0.05, 0) is 0 Å². The van der Waals surface area contributed by atoms with Crippen LogP contribution < -0.4 is 0 Å². The minimum absolute atomic E-state index is 0.278. The SMILES string of the molecule is Fc1cc(F)c(F)c(-c2c(F)c(F)c(F)c(F)c2F)c1F. The molecule has 9 heteroatoms. The number of hydrogen-bond donors (Lipinski definition) is 0. The lowest BCUT2D eigenvalue weighted by Gasteiger charge is -2.11. The Morgan fingerprint density at radius 2 is 0.667 bits per heavy atom. The van der Waals surface area contributed by atoms with Crippen molar-refractivity contribution in [1.29, 1.82) is 0 Å². The first-order valence-corrected chi connectivity index (χ1v) is 5.03. The Kier molecular flexibility index (Phi) is 3.60. The van der Waals surface area contributed by atoms with Gasteiger partial charge < -0.3 is 0 Å². The smallest absolute Gasteiger partial charge is 0.200 e. The van der Waals surface area contributed by atoms with E-state index >= 15 is 0 Å². The summed E-state index contributed by atoms with van der Waals surface area (Å²) in [6.45, 7) is 0. The van der Waals surface area contributed by atoms with E-state index in [0.717, 1.165) is 0 Å². The summed E-state index contributed by atoms with van der Waals surface area (Å²) in [5.41, 5.74) is -4.12. The Labute approximate surface area is 110 Å². The minimum Gasteiger partial charge on any atom is -0.204 e. The highest BCUT2D eigenvalue weighted by Crippen LogP contribution is 2.36. The van der Waals surface area contributed by atoms with Crippen LogP contribution in [0.5, 0.6) is 0 Å². The molecule has 0 amide bonds. The normalized spacial score (nSPS) is 11.1. The molecule has 0 nitrogen and oxygen atoms in total. The van der Waals surface area contributed by atoms with E-state index in [4.69, 9.17) is 0 Å². The van der Waals surface area contributed by atoms with Gasteiger partial charge in [-0.25, -0.2) is 39.5 Å². The van der Waals surface area contributed by atoms with Gasteiger partial charge in [0, 0.05) is 6.07 Å². The standard InChI is InChI=1S/C12HF9/c13-2-1-3(14)7(16)4(6(2)15)5-8(17)10(19)12(21)11(20)9(5)18/h1H. The summed E-state index contributed by atoms with van der Waals surface area (Å²) in [7, 11) is 0. The summed E-state index contributed by atoms with van der Waals surface area (Å²) in [4.78, 5) is 0. The van der Waals surface area contributed by atoms with Gasteiger partial charge in [0.2, 0.25) is 5.82 Å². The van der Waals surface area contributed by atoms with Crippen LogP contribution in [0.15, 0.2) is 6.07 Å². The molecule has 2 aromatic carbocycles. The van der Waals surface area contributed by atoms with Gasteiger partial charge in [-0.15, -0.1) is 0 Å². The zero-order chi connectivity index (χ0) is 16.1. The molecule has 0 fully saturated rings. The molecule has 0 aromatic heterocycles. The van der Waals surface area contributed by atoms with Crippen LogP contribution in [0, 0.1) is 52.4 Å². The van der Waals surface area contributed by atoms with E-state index in [-0.39, 0.29) is 6.07 Å². The molecule has 112 valence electrons. The minimum atomic E-state index is -2.59. The third-order valence-electron chi connectivity index (χ3n) is 2.57. The predicted octanol–water partition coefficient (Wildman–Crippen LogP) is 4.61. The van der Waals surface area contributed by atoms with Crippen molar-refractivity contribution >= 4 is 0 Å². The molecule has 0 aliphatic heterocycles. The number of hydrogen-bond acceptors (Lipinski definition) is 0. The largest absolute Gasteiger partial charge is 0.204 e. The molecule has 0 radical (unpaired) electrons. The fourth-order valence-electron chi connectivity index (χ4n) is 1.62. The van der Waals surface area contributed by atoms with Crippen molar-refractivity contribution in [2.24, 2.45) is 0 Å². The van der Waals surface area contributed by atoms with Crippen LogP contribution in [0.2, 0.25) is 0 Å². The van der Waals surface area contributed by atoms with E-state index in [1.165, 1.54) is 0 Å². The lowest BCUT2D eigenvalue weighted by molar-refractivity contribution is 0.379. The molecule has 0 spiro atoms. The molecule has 0 atom stereocenters. The van der Waals surface area contributed by atoms with Crippen molar-refractivity contribution in [1.82, 2.24) is 0 Å². The molecule has 0 aliphatic rings. The third-order valence-corrected chi connectivity index (χ3v) is 2.57. The van der Waals surface area contributed by atoms with Gasteiger partial charge in [0.25, 0.3) is 0 Å². The van der Waals surface area contributed by atoms with E-state index in [9.17, 15) is 39.5 Å².